The van der Waals surface area contributed by atoms with Crippen LogP contribution in [0, 0.1) is 0 Å². The average molecular weight is 368 g/mol. The molecule has 1 amide bonds. The molecule has 1 atom stereocenters. The lowest BCUT2D eigenvalue weighted by Crippen LogP contribution is -2.40. The zero-order chi connectivity index (χ0) is 17.4. The largest absolute Gasteiger partial charge is 0.379 e. The first kappa shape index (κ1) is 17.0. The zero-order valence-corrected chi connectivity index (χ0v) is 14.9. The van der Waals surface area contributed by atoms with E-state index >= 15 is 0 Å². The molecule has 4 rings (SSSR count). The third-order valence-corrected chi connectivity index (χ3v) is 7.00. The molecule has 2 saturated heterocycles. The molecule has 3 aliphatic rings. The maximum Gasteiger partial charge on any atom is 0.267 e. The highest BCUT2D eigenvalue weighted by molar-refractivity contribution is 7.89. The lowest BCUT2D eigenvalue weighted by molar-refractivity contribution is 0.0730. The monoisotopic (exact) mass is 368 g/mol. The van der Waals surface area contributed by atoms with E-state index in [4.69, 9.17) is 4.74 Å². The number of aromatic nitrogens is 1. The van der Waals surface area contributed by atoms with Gasteiger partial charge in [-0.2, -0.15) is 4.31 Å². The van der Waals surface area contributed by atoms with Crippen molar-refractivity contribution in [3.63, 3.8) is 0 Å². The van der Waals surface area contributed by atoms with Crippen LogP contribution in [-0.4, -0.2) is 80.0 Å². The number of rotatable bonds is 5. The van der Waals surface area contributed by atoms with E-state index in [1.807, 2.05) is 0 Å². The Bertz CT molecular complexity index is 737. The molecule has 2 aliphatic heterocycles. The summed E-state index contributed by atoms with van der Waals surface area (Å²) in [7, 11) is -3.58. The van der Waals surface area contributed by atoms with Gasteiger partial charge in [-0.15, -0.1) is 0 Å². The molecule has 3 fully saturated rings. The van der Waals surface area contributed by atoms with Gasteiger partial charge in [-0.25, -0.2) is 8.42 Å². The van der Waals surface area contributed by atoms with Crippen molar-refractivity contribution in [1.82, 2.24) is 19.5 Å². The van der Waals surface area contributed by atoms with Gasteiger partial charge in [0.2, 0.25) is 10.0 Å². The fourth-order valence-electron chi connectivity index (χ4n) is 3.53. The van der Waals surface area contributed by atoms with Crippen LogP contribution >= 0.6 is 0 Å². The summed E-state index contributed by atoms with van der Waals surface area (Å²) in [5, 5.41) is 3.01. The normalized spacial score (nSPS) is 26.0. The molecule has 1 aromatic rings. The van der Waals surface area contributed by atoms with Crippen molar-refractivity contribution in [2.75, 3.05) is 39.4 Å². The molecule has 1 saturated carbocycles. The van der Waals surface area contributed by atoms with Gasteiger partial charge in [-0.05, 0) is 25.3 Å². The van der Waals surface area contributed by atoms with Gasteiger partial charge in [0.15, 0.2) is 0 Å². The third-order valence-electron chi connectivity index (χ3n) is 5.13. The van der Waals surface area contributed by atoms with Crippen molar-refractivity contribution >= 4 is 15.9 Å². The lowest BCUT2D eigenvalue weighted by Gasteiger charge is -2.25. The maximum absolute atomic E-state index is 12.6. The average Bonchev–Trinajstić information content (AvgIpc) is 3.15. The Balaban J connectivity index is 1.39. The van der Waals surface area contributed by atoms with E-state index < -0.39 is 10.0 Å². The summed E-state index contributed by atoms with van der Waals surface area (Å²) in [6.45, 7) is 3.39. The molecule has 0 bridgehead atoms. The summed E-state index contributed by atoms with van der Waals surface area (Å²) in [5.41, 5.74) is 0.289. The highest BCUT2D eigenvalue weighted by atomic mass is 32.2. The minimum Gasteiger partial charge on any atom is -0.379 e. The number of aromatic amines is 1. The number of H-pyrrole nitrogens is 1. The van der Waals surface area contributed by atoms with Crippen LogP contribution < -0.4 is 5.32 Å². The molecular weight excluding hydrogens is 344 g/mol. The van der Waals surface area contributed by atoms with Gasteiger partial charge < -0.3 is 15.0 Å². The van der Waals surface area contributed by atoms with Crippen LogP contribution in [0.5, 0.6) is 0 Å². The van der Waals surface area contributed by atoms with Gasteiger partial charge >= 0.3 is 0 Å². The highest BCUT2D eigenvalue weighted by Gasteiger charge is 2.35. The van der Waals surface area contributed by atoms with Crippen LogP contribution in [0.3, 0.4) is 0 Å². The number of ether oxygens (including phenoxy) is 1. The predicted molar refractivity (Wildman–Crippen MR) is 90.8 cm³/mol. The molecule has 3 heterocycles. The molecule has 0 aromatic carbocycles. The van der Waals surface area contributed by atoms with Crippen molar-refractivity contribution in [2.45, 2.75) is 36.2 Å². The minimum absolute atomic E-state index is 0.130. The van der Waals surface area contributed by atoms with Crippen molar-refractivity contribution < 1.29 is 17.9 Å². The van der Waals surface area contributed by atoms with Gasteiger partial charge in [-0.1, -0.05) is 0 Å². The van der Waals surface area contributed by atoms with E-state index in [-0.39, 0.29) is 22.5 Å². The van der Waals surface area contributed by atoms with Crippen LogP contribution in [0.2, 0.25) is 0 Å². The van der Waals surface area contributed by atoms with E-state index in [0.29, 0.717) is 32.3 Å². The van der Waals surface area contributed by atoms with E-state index in [0.717, 1.165) is 19.5 Å². The Hall–Kier alpha value is -1.42. The smallest absolute Gasteiger partial charge is 0.267 e. The van der Waals surface area contributed by atoms with E-state index in [1.165, 1.54) is 29.4 Å². The fraction of sp³-hybridized carbons (Fsp3) is 0.688. The lowest BCUT2D eigenvalue weighted by atomic mass is 10.2. The van der Waals surface area contributed by atoms with Crippen molar-refractivity contribution in [2.24, 2.45) is 0 Å². The summed E-state index contributed by atoms with van der Waals surface area (Å²) in [6, 6.07) is 2.27. The number of nitrogens with zero attached hydrogens (tertiary/aromatic N) is 2. The Labute approximate surface area is 147 Å². The fourth-order valence-corrected chi connectivity index (χ4v) is 4.93. The van der Waals surface area contributed by atoms with Crippen LogP contribution in [0.25, 0.3) is 0 Å². The second-order valence-electron chi connectivity index (χ2n) is 6.95. The van der Waals surface area contributed by atoms with Gasteiger partial charge in [0.05, 0.1) is 13.2 Å². The Morgan fingerprint density at radius 1 is 1.20 bits per heavy atom. The van der Waals surface area contributed by atoms with Crippen LogP contribution in [0.15, 0.2) is 17.2 Å². The van der Waals surface area contributed by atoms with Gasteiger partial charge in [0.25, 0.3) is 5.91 Å². The van der Waals surface area contributed by atoms with Gasteiger partial charge in [0.1, 0.15) is 10.6 Å². The number of carbonyl (C=O) groups excluding carboxylic acids is 1. The van der Waals surface area contributed by atoms with Gasteiger partial charge in [-0.3, -0.25) is 9.69 Å². The SMILES string of the molecule is O=C(NC1CCN(C2CC2)C1)c1cc(S(=O)(=O)N2CCOCC2)c[nH]1. The van der Waals surface area contributed by atoms with Crippen LogP contribution in [-0.2, 0) is 14.8 Å². The van der Waals surface area contributed by atoms with Crippen molar-refractivity contribution in [3.05, 3.63) is 18.0 Å². The topological polar surface area (TPSA) is 94.7 Å². The molecule has 0 radical (unpaired) electrons. The predicted octanol–water partition coefficient (Wildman–Crippen LogP) is 0.00210. The quantitative estimate of drug-likeness (QED) is 0.763. The summed E-state index contributed by atoms with van der Waals surface area (Å²) in [5.74, 6) is -0.244. The molecule has 1 unspecified atom stereocenters. The number of hydrogen-bond donors (Lipinski definition) is 2. The summed E-state index contributed by atoms with van der Waals surface area (Å²) in [6.07, 6.45) is 4.87. The first-order chi connectivity index (χ1) is 12.0. The standard InChI is InChI=1S/C16H24N4O4S/c21-16(18-12-3-4-19(11-12)13-1-2-13)15-9-14(10-17-15)25(22,23)20-5-7-24-8-6-20/h9-10,12-13,17H,1-8,11H2,(H,18,21). The summed E-state index contributed by atoms with van der Waals surface area (Å²) in [4.78, 5) is 17.8. The van der Waals surface area contributed by atoms with Crippen molar-refractivity contribution in [3.8, 4) is 0 Å². The number of likely N-dealkylation sites (tertiary alicyclic amines) is 1. The van der Waals surface area contributed by atoms with Gasteiger partial charge in [0, 0.05) is 44.5 Å². The number of carbonyl (C=O) groups is 1. The number of morpholine rings is 1. The number of hydrogen-bond acceptors (Lipinski definition) is 5. The van der Waals surface area contributed by atoms with Crippen LogP contribution in [0.1, 0.15) is 29.8 Å². The number of amides is 1. The Kier molecular flexibility index (Phi) is 4.57. The molecule has 138 valence electrons. The van der Waals surface area contributed by atoms with E-state index in [9.17, 15) is 13.2 Å². The summed E-state index contributed by atoms with van der Waals surface area (Å²) >= 11 is 0. The third kappa shape index (κ3) is 3.59. The zero-order valence-electron chi connectivity index (χ0n) is 14.1. The molecule has 9 heteroatoms. The van der Waals surface area contributed by atoms with E-state index in [1.54, 1.807) is 0 Å². The van der Waals surface area contributed by atoms with Crippen molar-refractivity contribution in [1.29, 1.82) is 0 Å². The van der Waals surface area contributed by atoms with E-state index in [2.05, 4.69) is 15.2 Å². The molecule has 2 N–H and O–H groups in total. The second kappa shape index (κ2) is 6.71. The maximum atomic E-state index is 12.6. The molecule has 25 heavy (non-hydrogen) atoms. The Morgan fingerprint density at radius 2 is 1.96 bits per heavy atom. The number of nitrogens with one attached hydrogen (secondary N) is 2. The molecule has 0 spiro atoms. The summed E-state index contributed by atoms with van der Waals surface area (Å²) < 4.78 is 31.8. The number of sulfonamides is 1. The Morgan fingerprint density at radius 3 is 2.68 bits per heavy atom. The molecular formula is C16H24N4O4S. The first-order valence-corrected chi connectivity index (χ1v) is 10.3. The molecule has 1 aromatic heterocycles. The second-order valence-corrected chi connectivity index (χ2v) is 8.89. The molecule has 8 nitrogen and oxygen atoms in total. The first-order valence-electron chi connectivity index (χ1n) is 8.85. The van der Waals surface area contributed by atoms with Crippen LogP contribution in [0.4, 0.5) is 0 Å². The highest BCUT2D eigenvalue weighted by Crippen LogP contribution is 2.29. The molecule has 1 aliphatic carbocycles. The minimum atomic E-state index is -3.58.